The van der Waals surface area contributed by atoms with Gasteiger partial charge in [-0.05, 0) is 39.0 Å². The van der Waals surface area contributed by atoms with Crippen LogP contribution in [0.25, 0.3) is 0 Å². The second kappa shape index (κ2) is 8.43. The summed E-state index contributed by atoms with van der Waals surface area (Å²) >= 11 is 0. The predicted octanol–water partition coefficient (Wildman–Crippen LogP) is 4.66. The molecule has 0 amide bonds. The first kappa shape index (κ1) is 15.3. The van der Waals surface area contributed by atoms with Gasteiger partial charge in [0, 0.05) is 12.2 Å². The van der Waals surface area contributed by atoms with Gasteiger partial charge in [0.2, 0.25) is 0 Å². The zero-order chi connectivity index (χ0) is 12.6. The Kier molecular flexibility index (Phi) is 8.05. The average molecular weight is 223 g/mol. The van der Waals surface area contributed by atoms with Gasteiger partial charge in [-0.15, -0.1) is 0 Å². The van der Waals surface area contributed by atoms with E-state index in [0.717, 1.165) is 19.4 Å². The number of nitrogens with one attached hydrogen (secondary N) is 1. The molecular weight excluding hydrogens is 194 g/mol. The molecule has 94 valence electrons. The van der Waals surface area contributed by atoms with Crippen LogP contribution >= 0.6 is 0 Å². The highest BCUT2D eigenvalue weighted by Crippen LogP contribution is 2.21. The van der Waals surface area contributed by atoms with Crippen LogP contribution in [0.5, 0.6) is 0 Å². The summed E-state index contributed by atoms with van der Waals surface area (Å²) in [5, 5.41) is 3.52. The summed E-state index contributed by atoms with van der Waals surface area (Å²) in [5.41, 5.74) is 4.26. The molecule has 0 radical (unpaired) electrons. The van der Waals surface area contributed by atoms with Crippen molar-refractivity contribution in [2.75, 3.05) is 6.54 Å². The molecule has 0 aliphatic heterocycles. The number of allylic oxidation sites excluding steroid dienone is 3. The van der Waals surface area contributed by atoms with Gasteiger partial charge in [0.05, 0.1) is 0 Å². The normalized spacial score (nSPS) is 14.3. The summed E-state index contributed by atoms with van der Waals surface area (Å²) in [4.78, 5) is 0. The van der Waals surface area contributed by atoms with E-state index < -0.39 is 0 Å². The van der Waals surface area contributed by atoms with E-state index in [1.54, 1.807) is 0 Å². The third-order valence-corrected chi connectivity index (χ3v) is 3.05. The minimum absolute atomic E-state index is 0.634. The van der Waals surface area contributed by atoms with E-state index in [1.165, 1.54) is 29.7 Å². The predicted molar refractivity (Wildman–Crippen MR) is 74.5 cm³/mol. The SMILES string of the molecule is C=C(CCC)C/C(C)=C(\NCC)C(C)CC. The standard InChI is InChI=1S/C15H29N/c1-7-10-12(4)11-14(6)15(16-9-3)13(5)8-2/h13,16H,4,7-11H2,1-3,5-6H3/b15-14-. The quantitative estimate of drug-likeness (QED) is 0.590. The van der Waals surface area contributed by atoms with Crippen molar-refractivity contribution in [3.8, 4) is 0 Å². The molecule has 1 atom stereocenters. The highest BCUT2D eigenvalue weighted by atomic mass is 14.9. The maximum absolute atomic E-state index is 4.15. The lowest BCUT2D eigenvalue weighted by Crippen LogP contribution is -2.20. The molecule has 1 heteroatoms. The molecule has 0 heterocycles. The van der Waals surface area contributed by atoms with Crippen molar-refractivity contribution >= 4 is 0 Å². The minimum Gasteiger partial charge on any atom is -0.388 e. The van der Waals surface area contributed by atoms with Gasteiger partial charge < -0.3 is 5.32 Å². The van der Waals surface area contributed by atoms with Crippen LogP contribution in [0, 0.1) is 5.92 Å². The maximum Gasteiger partial charge on any atom is 0.0127 e. The fourth-order valence-corrected chi connectivity index (χ4v) is 2.05. The lowest BCUT2D eigenvalue weighted by molar-refractivity contribution is 0.583. The molecule has 0 saturated carbocycles. The zero-order valence-electron chi connectivity index (χ0n) is 11.8. The summed E-state index contributed by atoms with van der Waals surface area (Å²) in [5.74, 6) is 0.634. The maximum atomic E-state index is 4.15. The summed E-state index contributed by atoms with van der Waals surface area (Å²) < 4.78 is 0. The fourth-order valence-electron chi connectivity index (χ4n) is 2.05. The molecule has 0 aromatic heterocycles. The van der Waals surface area contributed by atoms with Crippen molar-refractivity contribution in [2.45, 2.75) is 60.3 Å². The van der Waals surface area contributed by atoms with Gasteiger partial charge in [-0.2, -0.15) is 0 Å². The third-order valence-electron chi connectivity index (χ3n) is 3.05. The monoisotopic (exact) mass is 223 g/mol. The molecule has 0 bridgehead atoms. The summed E-state index contributed by atoms with van der Waals surface area (Å²) in [7, 11) is 0. The van der Waals surface area contributed by atoms with Gasteiger partial charge in [-0.1, -0.05) is 44.9 Å². The Hall–Kier alpha value is -0.720. The van der Waals surface area contributed by atoms with Gasteiger partial charge in [-0.3, -0.25) is 0 Å². The Morgan fingerprint density at radius 1 is 1.25 bits per heavy atom. The zero-order valence-corrected chi connectivity index (χ0v) is 11.8. The van der Waals surface area contributed by atoms with Crippen LogP contribution in [0.1, 0.15) is 60.3 Å². The molecule has 0 rings (SSSR count). The van der Waals surface area contributed by atoms with E-state index >= 15 is 0 Å². The molecule has 0 aromatic carbocycles. The molecule has 1 nitrogen and oxygen atoms in total. The molecule has 0 aliphatic rings. The van der Waals surface area contributed by atoms with Crippen molar-refractivity contribution < 1.29 is 0 Å². The van der Waals surface area contributed by atoms with Crippen LogP contribution in [0.3, 0.4) is 0 Å². The summed E-state index contributed by atoms with van der Waals surface area (Å²) in [6, 6.07) is 0. The Morgan fingerprint density at radius 2 is 1.88 bits per heavy atom. The Balaban J connectivity index is 4.62. The van der Waals surface area contributed by atoms with Crippen molar-refractivity contribution in [2.24, 2.45) is 5.92 Å². The first-order valence-electron chi connectivity index (χ1n) is 6.66. The topological polar surface area (TPSA) is 12.0 Å². The molecule has 16 heavy (non-hydrogen) atoms. The Bertz CT molecular complexity index is 238. The number of hydrogen-bond acceptors (Lipinski definition) is 1. The van der Waals surface area contributed by atoms with E-state index in [4.69, 9.17) is 0 Å². The van der Waals surface area contributed by atoms with Crippen LogP contribution in [0.15, 0.2) is 23.4 Å². The highest BCUT2D eigenvalue weighted by Gasteiger charge is 2.09. The molecule has 0 fully saturated rings. The van der Waals surface area contributed by atoms with Gasteiger partial charge in [0.25, 0.3) is 0 Å². The van der Waals surface area contributed by atoms with E-state index in [1.807, 2.05) is 0 Å². The van der Waals surface area contributed by atoms with E-state index in [9.17, 15) is 0 Å². The molecule has 1 N–H and O–H groups in total. The van der Waals surface area contributed by atoms with Crippen molar-refractivity contribution in [3.63, 3.8) is 0 Å². The Morgan fingerprint density at radius 3 is 2.31 bits per heavy atom. The third kappa shape index (κ3) is 5.39. The first-order valence-corrected chi connectivity index (χ1v) is 6.66. The van der Waals surface area contributed by atoms with Crippen molar-refractivity contribution in [1.82, 2.24) is 5.32 Å². The van der Waals surface area contributed by atoms with Crippen molar-refractivity contribution in [1.29, 1.82) is 0 Å². The van der Waals surface area contributed by atoms with Crippen LogP contribution < -0.4 is 5.32 Å². The molecule has 0 spiro atoms. The van der Waals surface area contributed by atoms with E-state index in [2.05, 4.69) is 46.5 Å². The first-order chi connectivity index (χ1) is 7.56. The second-order valence-electron chi connectivity index (χ2n) is 4.71. The Labute approximate surface area is 102 Å². The molecule has 1 unspecified atom stereocenters. The number of hydrogen-bond donors (Lipinski definition) is 1. The highest BCUT2D eigenvalue weighted by molar-refractivity contribution is 5.19. The molecule has 0 aliphatic carbocycles. The molecular formula is C15H29N. The lowest BCUT2D eigenvalue weighted by Gasteiger charge is -2.20. The minimum atomic E-state index is 0.634. The second-order valence-corrected chi connectivity index (χ2v) is 4.71. The van der Waals surface area contributed by atoms with Gasteiger partial charge in [-0.25, -0.2) is 0 Å². The molecule has 0 aromatic rings. The van der Waals surface area contributed by atoms with Crippen LogP contribution in [0.4, 0.5) is 0 Å². The lowest BCUT2D eigenvalue weighted by atomic mass is 9.95. The van der Waals surface area contributed by atoms with E-state index in [-0.39, 0.29) is 0 Å². The average Bonchev–Trinajstić information content (AvgIpc) is 2.24. The largest absolute Gasteiger partial charge is 0.388 e. The van der Waals surface area contributed by atoms with Crippen molar-refractivity contribution in [3.05, 3.63) is 23.4 Å². The van der Waals surface area contributed by atoms with Gasteiger partial charge >= 0.3 is 0 Å². The van der Waals surface area contributed by atoms with Crippen LogP contribution in [-0.2, 0) is 0 Å². The van der Waals surface area contributed by atoms with E-state index in [0.29, 0.717) is 5.92 Å². The summed E-state index contributed by atoms with van der Waals surface area (Å²) in [6.45, 7) is 16.3. The summed E-state index contributed by atoms with van der Waals surface area (Å²) in [6.07, 6.45) is 4.60. The van der Waals surface area contributed by atoms with Gasteiger partial charge in [0.1, 0.15) is 0 Å². The van der Waals surface area contributed by atoms with Crippen LogP contribution in [0.2, 0.25) is 0 Å². The van der Waals surface area contributed by atoms with Crippen LogP contribution in [-0.4, -0.2) is 6.54 Å². The van der Waals surface area contributed by atoms with Gasteiger partial charge in [0.15, 0.2) is 0 Å². The number of rotatable bonds is 8. The smallest absolute Gasteiger partial charge is 0.0127 e. The molecule has 0 saturated heterocycles. The fraction of sp³-hybridized carbons (Fsp3) is 0.733.